The van der Waals surface area contributed by atoms with Crippen molar-refractivity contribution in [3.05, 3.63) is 65.9 Å². The third kappa shape index (κ3) is 2.94. The Labute approximate surface area is 149 Å². The zero-order valence-electron chi connectivity index (χ0n) is 13.9. The minimum Gasteiger partial charge on any atom is -0.496 e. The number of benzene rings is 1. The monoisotopic (exact) mass is 348 g/mol. The number of aromatic nitrogens is 2. The predicted octanol–water partition coefficient (Wildman–Crippen LogP) is 5.47. The highest BCUT2D eigenvalue weighted by Crippen LogP contribution is 2.37. The molecule has 0 aliphatic rings. The fraction of sp³-hybridized carbons (Fsp3) is 0.100. The number of pyridine rings is 2. The molecule has 0 aliphatic carbocycles. The molecule has 3 heterocycles. The van der Waals surface area contributed by atoms with Crippen LogP contribution in [-0.4, -0.2) is 17.1 Å². The second-order valence-corrected chi connectivity index (χ2v) is 6.47. The van der Waals surface area contributed by atoms with Gasteiger partial charge >= 0.3 is 0 Å². The van der Waals surface area contributed by atoms with E-state index >= 15 is 0 Å². The van der Waals surface area contributed by atoms with Crippen molar-refractivity contribution in [2.75, 3.05) is 7.11 Å². The first-order valence-electron chi connectivity index (χ1n) is 7.86. The maximum absolute atomic E-state index is 6.02. The Morgan fingerprint density at radius 3 is 2.72 bits per heavy atom. The molecular weight excluding hydrogens is 332 g/mol. The SMILES string of the molecule is COc1cc(Oc2nccc3ccsc23)ccc1-c1cccnc1C. The lowest BCUT2D eigenvalue weighted by molar-refractivity contribution is 0.409. The number of thiophene rings is 1. The first-order valence-corrected chi connectivity index (χ1v) is 8.74. The molecule has 0 N–H and O–H groups in total. The highest BCUT2D eigenvalue weighted by atomic mass is 32.1. The van der Waals surface area contributed by atoms with Crippen LogP contribution in [0, 0.1) is 6.92 Å². The molecule has 25 heavy (non-hydrogen) atoms. The molecule has 0 amide bonds. The van der Waals surface area contributed by atoms with Gasteiger partial charge in [-0.3, -0.25) is 4.98 Å². The van der Waals surface area contributed by atoms with Gasteiger partial charge in [0.05, 0.1) is 11.8 Å². The standard InChI is InChI=1S/C20H16N2O2S/c1-13-16(4-3-9-21-13)17-6-5-15(12-18(17)23-2)24-20-19-14(7-10-22-20)8-11-25-19/h3-12H,1-2H3. The fourth-order valence-corrected chi connectivity index (χ4v) is 3.60. The van der Waals surface area contributed by atoms with Crippen LogP contribution in [0.1, 0.15) is 5.69 Å². The molecule has 5 heteroatoms. The molecule has 3 aromatic heterocycles. The van der Waals surface area contributed by atoms with Crippen molar-refractivity contribution in [2.24, 2.45) is 0 Å². The highest BCUT2D eigenvalue weighted by molar-refractivity contribution is 7.17. The van der Waals surface area contributed by atoms with Crippen LogP contribution in [-0.2, 0) is 0 Å². The lowest BCUT2D eigenvalue weighted by Crippen LogP contribution is -1.93. The molecule has 0 spiro atoms. The van der Waals surface area contributed by atoms with Gasteiger partial charge in [-0.15, -0.1) is 11.3 Å². The van der Waals surface area contributed by atoms with Crippen LogP contribution < -0.4 is 9.47 Å². The first-order chi connectivity index (χ1) is 12.3. The highest BCUT2D eigenvalue weighted by Gasteiger charge is 2.12. The Kier molecular flexibility index (Phi) is 4.07. The van der Waals surface area contributed by atoms with Gasteiger partial charge in [0.25, 0.3) is 0 Å². The average molecular weight is 348 g/mol. The van der Waals surface area contributed by atoms with Crippen LogP contribution in [0.5, 0.6) is 17.4 Å². The summed E-state index contributed by atoms with van der Waals surface area (Å²) in [5.41, 5.74) is 2.99. The Morgan fingerprint density at radius 2 is 1.88 bits per heavy atom. The molecule has 0 bridgehead atoms. The molecule has 4 nitrogen and oxygen atoms in total. The minimum atomic E-state index is 0.611. The Balaban J connectivity index is 1.73. The van der Waals surface area contributed by atoms with Crippen LogP contribution in [0.25, 0.3) is 21.2 Å². The number of nitrogens with zero attached hydrogens (tertiary/aromatic N) is 2. The quantitative estimate of drug-likeness (QED) is 0.491. The second-order valence-electron chi connectivity index (χ2n) is 5.56. The fourth-order valence-electron chi connectivity index (χ4n) is 2.78. The summed E-state index contributed by atoms with van der Waals surface area (Å²) >= 11 is 1.62. The Morgan fingerprint density at radius 1 is 0.960 bits per heavy atom. The average Bonchev–Trinajstić information content (AvgIpc) is 3.12. The number of fused-ring (bicyclic) bond motifs is 1. The van der Waals surface area contributed by atoms with E-state index < -0.39 is 0 Å². The topological polar surface area (TPSA) is 44.2 Å². The number of ether oxygens (including phenoxy) is 2. The first kappa shape index (κ1) is 15.6. The van der Waals surface area contributed by atoms with Gasteiger partial charge in [-0.2, -0.15) is 0 Å². The molecule has 1 aromatic carbocycles. The normalized spacial score (nSPS) is 10.8. The molecule has 0 saturated heterocycles. The minimum absolute atomic E-state index is 0.611. The van der Waals surface area contributed by atoms with Crippen molar-refractivity contribution in [1.82, 2.24) is 9.97 Å². The maximum atomic E-state index is 6.02. The number of aryl methyl sites for hydroxylation is 1. The number of hydrogen-bond donors (Lipinski definition) is 0. The molecule has 4 aromatic rings. The summed E-state index contributed by atoms with van der Waals surface area (Å²) in [6, 6.07) is 13.8. The lowest BCUT2D eigenvalue weighted by Gasteiger charge is -2.13. The van der Waals surface area contributed by atoms with E-state index in [-0.39, 0.29) is 0 Å². The van der Waals surface area contributed by atoms with Crippen molar-refractivity contribution >= 4 is 21.4 Å². The van der Waals surface area contributed by atoms with Gasteiger partial charge in [-0.25, -0.2) is 4.98 Å². The molecule has 0 saturated carbocycles. The van der Waals surface area contributed by atoms with Crippen LogP contribution >= 0.6 is 11.3 Å². The predicted molar refractivity (Wildman–Crippen MR) is 101 cm³/mol. The molecule has 0 fully saturated rings. The van der Waals surface area contributed by atoms with E-state index in [9.17, 15) is 0 Å². The molecule has 0 radical (unpaired) electrons. The number of rotatable bonds is 4. The van der Waals surface area contributed by atoms with Gasteiger partial charge in [-0.05, 0) is 48.0 Å². The molecule has 0 aliphatic heterocycles. The zero-order chi connectivity index (χ0) is 17.2. The third-order valence-corrected chi connectivity index (χ3v) is 4.94. The molecular formula is C20H16N2O2S. The summed E-state index contributed by atoms with van der Waals surface area (Å²) < 4.78 is 12.6. The summed E-state index contributed by atoms with van der Waals surface area (Å²) in [5.74, 6) is 2.04. The summed E-state index contributed by atoms with van der Waals surface area (Å²) in [5, 5.41) is 3.17. The van der Waals surface area contributed by atoms with Gasteiger partial charge in [0.15, 0.2) is 0 Å². The summed E-state index contributed by atoms with van der Waals surface area (Å²) in [6.45, 7) is 1.99. The van der Waals surface area contributed by atoms with Crippen molar-refractivity contribution in [1.29, 1.82) is 0 Å². The van der Waals surface area contributed by atoms with Crippen LogP contribution in [0.4, 0.5) is 0 Å². The second kappa shape index (κ2) is 6.53. The summed E-state index contributed by atoms with van der Waals surface area (Å²) in [6.07, 6.45) is 3.55. The van der Waals surface area contributed by atoms with Crippen molar-refractivity contribution < 1.29 is 9.47 Å². The van der Waals surface area contributed by atoms with Gasteiger partial charge in [0.2, 0.25) is 5.88 Å². The van der Waals surface area contributed by atoms with Gasteiger partial charge in [-0.1, -0.05) is 6.07 Å². The van der Waals surface area contributed by atoms with E-state index in [4.69, 9.17) is 9.47 Å². The van der Waals surface area contributed by atoms with E-state index in [0.29, 0.717) is 11.6 Å². The van der Waals surface area contributed by atoms with E-state index in [0.717, 1.165) is 32.7 Å². The molecule has 4 rings (SSSR count). The van der Waals surface area contributed by atoms with E-state index in [1.54, 1.807) is 30.8 Å². The zero-order valence-corrected chi connectivity index (χ0v) is 14.7. The number of hydrogen-bond acceptors (Lipinski definition) is 5. The maximum Gasteiger partial charge on any atom is 0.237 e. The Hall–Kier alpha value is -2.92. The lowest BCUT2D eigenvalue weighted by atomic mass is 10.0. The van der Waals surface area contributed by atoms with E-state index in [1.807, 2.05) is 48.7 Å². The molecule has 0 atom stereocenters. The van der Waals surface area contributed by atoms with Crippen LogP contribution in [0.3, 0.4) is 0 Å². The van der Waals surface area contributed by atoms with Crippen molar-refractivity contribution in [3.63, 3.8) is 0 Å². The largest absolute Gasteiger partial charge is 0.496 e. The van der Waals surface area contributed by atoms with Crippen LogP contribution in [0.2, 0.25) is 0 Å². The van der Waals surface area contributed by atoms with E-state index in [2.05, 4.69) is 16.0 Å². The van der Waals surface area contributed by atoms with E-state index in [1.165, 1.54) is 0 Å². The van der Waals surface area contributed by atoms with Gasteiger partial charge in [0.1, 0.15) is 11.5 Å². The van der Waals surface area contributed by atoms with Gasteiger partial charge < -0.3 is 9.47 Å². The smallest absolute Gasteiger partial charge is 0.237 e. The van der Waals surface area contributed by atoms with Crippen molar-refractivity contribution in [2.45, 2.75) is 6.92 Å². The molecule has 0 unspecified atom stereocenters. The number of methoxy groups -OCH3 is 1. The molecule has 124 valence electrons. The third-order valence-electron chi connectivity index (χ3n) is 4.02. The summed E-state index contributed by atoms with van der Waals surface area (Å²) in [4.78, 5) is 8.72. The Bertz CT molecular complexity index is 1040. The summed E-state index contributed by atoms with van der Waals surface area (Å²) in [7, 11) is 1.66. The van der Waals surface area contributed by atoms with Gasteiger partial charge in [0, 0.05) is 35.3 Å². The van der Waals surface area contributed by atoms with Crippen molar-refractivity contribution in [3.8, 4) is 28.5 Å². The van der Waals surface area contributed by atoms with Crippen LogP contribution in [0.15, 0.2) is 60.2 Å².